The topological polar surface area (TPSA) is 15.7 Å². The van der Waals surface area contributed by atoms with Crippen LogP contribution >= 0.6 is 0 Å². The van der Waals surface area contributed by atoms with Crippen LogP contribution in [0.2, 0.25) is 19.6 Å². The number of benzene rings is 1. The lowest BCUT2D eigenvalue weighted by molar-refractivity contribution is 0.257. The molecule has 0 unspecified atom stereocenters. The van der Waals surface area contributed by atoms with Crippen LogP contribution in [-0.4, -0.2) is 33.0 Å². The molecule has 0 N–H and O–H groups in total. The summed E-state index contributed by atoms with van der Waals surface area (Å²) in [7, 11) is -1.40. The number of nitrogens with zero attached hydrogens (tertiary/aromatic N) is 2. The first-order chi connectivity index (χ1) is 9.76. The number of rotatable bonds is 5. The van der Waals surface area contributed by atoms with Crippen LogP contribution in [0.1, 0.15) is 16.7 Å². The van der Waals surface area contributed by atoms with E-state index >= 15 is 0 Å². The summed E-state index contributed by atoms with van der Waals surface area (Å²) in [5, 5.41) is 0. The number of hydrogen-bond acceptors (Lipinski definition) is 3. The van der Waals surface area contributed by atoms with Crippen LogP contribution in [0.4, 0.5) is 5.69 Å². The van der Waals surface area contributed by atoms with Crippen molar-refractivity contribution in [2.24, 2.45) is 0 Å². The molecule has 0 amide bonds. The molecule has 1 aromatic rings. The second kappa shape index (κ2) is 6.24. The van der Waals surface area contributed by atoms with Gasteiger partial charge in [-0.3, -0.25) is 0 Å². The zero-order valence-electron chi connectivity index (χ0n) is 14.2. The molecule has 3 nitrogen and oxygen atoms in total. The van der Waals surface area contributed by atoms with Crippen molar-refractivity contribution in [2.75, 3.05) is 24.7 Å². The summed E-state index contributed by atoms with van der Waals surface area (Å²) in [5.74, 6) is 0. The van der Waals surface area contributed by atoms with E-state index in [9.17, 15) is 0 Å². The first-order valence-corrected chi connectivity index (χ1v) is 11.1. The lowest BCUT2D eigenvalue weighted by Gasteiger charge is -2.25. The highest BCUT2D eigenvalue weighted by Crippen LogP contribution is 2.28. The Morgan fingerprint density at radius 2 is 1.67 bits per heavy atom. The zero-order valence-corrected chi connectivity index (χ0v) is 15.2. The van der Waals surface area contributed by atoms with E-state index in [1.165, 1.54) is 22.4 Å². The maximum Gasteiger partial charge on any atom is 0.183 e. The summed E-state index contributed by atoms with van der Waals surface area (Å²) in [5.41, 5.74) is 5.36. The molecule has 1 aliphatic heterocycles. The van der Waals surface area contributed by atoms with Crippen LogP contribution < -0.4 is 4.90 Å². The summed E-state index contributed by atoms with van der Waals surface area (Å²) in [6.07, 6.45) is 4.35. The Hall–Kier alpha value is -1.26. The van der Waals surface area contributed by atoms with E-state index in [4.69, 9.17) is 4.43 Å². The maximum atomic E-state index is 5.94. The third-order valence-corrected chi connectivity index (χ3v) is 4.70. The molecule has 0 bridgehead atoms. The van der Waals surface area contributed by atoms with Gasteiger partial charge in [0.2, 0.25) is 0 Å². The summed E-state index contributed by atoms with van der Waals surface area (Å²) >= 11 is 0. The number of hydrogen-bond donors (Lipinski definition) is 0. The van der Waals surface area contributed by atoms with Gasteiger partial charge in [0.05, 0.1) is 13.3 Å². The largest absolute Gasteiger partial charge is 0.416 e. The SMILES string of the molecule is Cc1cc(C)c(N2C=CN(CCO[Si](C)(C)C)C2)c(C)c1. The van der Waals surface area contributed by atoms with Gasteiger partial charge in [-0.2, -0.15) is 0 Å². The second-order valence-electron chi connectivity index (χ2n) is 6.93. The molecule has 0 radical (unpaired) electrons. The van der Waals surface area contributed by atoms with Gasteiger partial charge >= 0.3 is 0 Å². The van der Waals surface area contributed by atoms with Crippen LogP contribution in [0.5, 0.6) is 0 Å². The van der Waals surface area contributed by atoms with Gasteiger partial charge in [0.1, 0.15) is 0 Å². The quantitative estimate of drug-likeness (QED) is 0.764. The molecule has 0 saturated heterocycles. The minimum atomic E-state index is -1.40. The summed E-state index contributed by atoms with van der Waals surface area (Å²) in [6.45, 7) is 15.9. The minimum Gasteiger partial charge on any atom is -0.416 e. The van der Waals surface area contributed by atoms with Gasteiger partial charge in [0.25, 0.3) is 0 Å². The molecule has 2 rings (SSSR count). The molecule has 0 aromatic heterocycles. The van der Waals surface area contributed by atoms with Crippen molar-refractivity contribution < 1.29 is 4.43 Å². The van der Waals surface area contributed by atoms with E-state index in [0.717, 1.165) is 19.8 Å². The average molecular weight is 305 g/mol. The lowest BCUT2D eigenvalue weighted by atomic mass is 10.0. The highest BCUT2D eigenvalue weighted by molar-refractivity contribution is 6.69. The van der Waals surface area contributed by atoms with Crippen LogP contribution in [0.25, 0.3) is 0 Å². The molecule has 1 aliphatic rings. The first-order valence-electron chi connectivity index (χ1n) is 7.67. The van der Waals surface area contributed by atoms with Crippen LogP contribution in [0.15, 0.2) is 24.5 Å². The molecule has 1 aromatic carbocycles. The van der Waals surface area contributed by atoms with Gasteiger partial charge in [-0.25, -0.2) is 0 Å². The predicted octanol–water partition coefficient (Wildman–Crippen LogP) is 4.01. The smallest absolute Gasteiger partial charge is 0.183 e. The third kappa shape index (κ3) is 4.35. The fourth-order valence-corrected chi connectivity index (χ4v) is 3.55. The van der Waals surface area contributed by atoms with Crippen molar-refractivity contribution >= 4 is 14.0 Å². The second-order valence-corrected chi connectivity index (χ2v) is 11.4. The zero-order chi connectivity index (χ0) is 15.6. The van der Waals surface area contributed by atoms with Crippen LogP contribution in [-0.2, 0) is 4.43 Å². The van der Waals surface area contributed by atoms with Gasteiger partial charge in [-0.05, 0) is 51.5 Å². The average Bonchev–Trinajstić information content (AvgIpc) is 2.74. The number of aryl methyl sites for hydroxylation is 3. The van der Waals surface area contributed by atoms with Crippen molar-refractivity contribution in [1.29, 1.82) is 0 Å². The molecule has 21 heavy (non-hydrogen) atoms. The molecule has 1 heterocycles. The van der Waals surface area contributed by atoms with Crippen molar-refractivity contribution in [3.05, 3.63) is 41.2 Å². The summed E-state index contributed by atoms with van der Waals surface area (Å²) in [4.78, 5) is 4.65. The molecule has 116 valence electrons. The molecule has 0 aliphatic carbocycles. The Labute approximate surface area is 130 Å². The summed E-state index contributed by atoms with van der Waals surface area (Å²) < 4.78 is 5.94. The van der Waals surface area contributed by atoms with Gasteiger partial charge in [-0.15, -0.1) is 0 Å². The fourth-order valence-electron chi connectivity index (χ4n) is 2.85. The summed E-state index contributed by atoms with van der Waals surface area (Å²) in [6, 6.07) is 4.51. The Balaban J connectivity index is 1.96. The van der Waals surface area contributed by atoms with Crippen molar-refractivity contribution in [3.8, 4) is 0 Å². The Kier molecular flexibility index (Phi) is 4.79. The van der Waals surface area contributed by atoms with Crippen molar-refractivity contribution in [1.82, 2.24) is 4.90 Å². The number of anilines is 1. The monoisotopic (exact) mass is 304 g/mol. The maximum absolute atomic E-state index is 5.94. The predicted molar refractivity (Wildman–Crippen MR) is 93.1 cm³/mol. The van der Waals surface area contributed by atoms with Gasteiger partial charge < -0.3 is 14.2 Å². The molecule has 4 heteroatoms. The lowest BCUT2D eigenvalue weighted by Crippen LogP contribution is -2.32. The van der Waals surface area contributed by atoms with E-state index in [0.29, 0.717) is 0 Å². The fraction of sp³-hybridized carbons (Fsp3) is 0.529. The highest BCUT2D eigenvalue weighted by atomic mass is 28.4. The minimum absolute atomic E-state index is 0.819. The molecular weight excluding hydrogens is 276 g/mol. The van der Waals surface area contributed by atoms with Gasteiger partial charge in [0, 0.05) is 24.6 Å². The molecule has 0 fully saturated rings. The van der Waals surface area contributed by atoms with Crippen molar-refractivity contribution in [2.45, 2.75) is 40.4 Å². The van der Waals surface area contributed by atoms with E-state index < -0.39 is 8.32 Å². The normalized spacial score (nSPS) is 15.1. The Bertz CT molecular complexity index is 511. The standard InChI is InChI=1S/C17H28N2OSi/c1-14-11-15(2)17(16(3)12-14)19-8-7-18(13-19)9-10-20-21(4,5)6/h7-8,11-12H,9-10,13H2,1-6H3. The highest BCUT2D eigenvalue weighted by Gasteiger charge is 2.19. The van der Waals surface area contributed by atoms with E-state index in [2.05, 4.69) is 74.7 Å². The van der Waals surface area contributed by atoms with E-state index in [1.807, 2.05) is 0 Å². The van der Waals surface area contributed by atoms with E-state index in [1.54, 1.807) is 0 Å². The van der Waals surface area contributed by atoms with Gasteiger partial charge in [0.15, 0.2) is 8.32 Å². The Morgan fingerprint density at radius 1 is 1.05 bits per heavy atom. The van der Waals surface area contributed by atoms with Crippen LogP contribution in [0.3, 0.4) is 0 Å². The molecule has 0 saturated carbocycles. The molecule has 0 spiro atoms. The third-order valence-electron chi connectivity index (χ3n) is 3.63. The van der Waals surface area contributed by atoms with E-state index in [-0.39, 0.29) is 0 Å². The first kappa shape index (κ1) is 16.1. The Morgan fingerprint density at radius 3 is 2.24 bits per heavy atom. The van der Waals surface area contributed by atoms with Gasteiger partial charge in [-0.1, -0.05) is 17.7 Å². The molecular formula is C17H28N2OSi. The van der Waals surface area contributed by atoms with Crippen molar-refractivity contribution in [3.63, 3.8) is 0 Å². The van der Waals surface area contributed by atoms with Crippen LogP contribution in [0, 0.1) is 20.8 Å². The molecule has 0 atom stereocenters.